The Morgan fingerprint density at radius 1 is 1.11 bits per heavy atom. The lowest BCUT2D eigenvalue weighted by molar-refractivity contribution is -0.00000156. The molecule has 1 unspecified atom stereocenters. The number of rotatable bonds is 1. The van der Waals surface area contributed by atoms with Crippen LogP contribution in [-0.4, -0.2) is 0 Å². The summed E-state index contributed by atoms with van der Waals surface area (Å²) in [5, 5.41) is 0. The molecule has 0 saturated heterocycles. The van der Waals surface area contributed by atoms with E-state index in [1.54, 1.807) is 0 Å². The molecule has 0 aliphatic rings. The molecule has 0 radical (unpaired) electrons. The first-order valence-corrected chi connectivity index (χ1v) is 3.76. The van der Waals surface area contributed by atoms with Gasteiger partial charge < -0.3 is 4.70 Å². The van der Waals surface area contributed by atoms with Crippen molar-refractivity contribution in [2.24, 2.45) is 0 Å². The summed E-state index contributed by atoms with van der Waals surface area (Å²) in [6.07, 6.45) is 1.17. The lowest BCUT2D eigenvalue weighted by Gasteiger charge is -1.86. The average molecular weight is 144 g/mol. The van der Waals surface area contributed by atoms with Crippen LogP contribution in [0.15, 0.2) is 30.3 Å². The van der Waals surface area contributed by atoms with E-state index in [0.29, 0.717) is 0 Å². The molecule has 1 aromatic rings. The Labute approximate surface area is 56.9 Å². The van der Waals surface area contributed by atoms with Gasteiger partial charge in [-0.2, -0.15) is 0 Å². The van der Waals surface area contributed by atoms with Gasteiger partial charge in [0, 0.05) is 0 Å². The molecule has 9 heavy (non-hydrogen) atoms. The van der Waals surface area contributed by atoms with Crippen LogP contribution in [0.3, 0.4) is 0 Å². The van der Waals surface area contributed by atoms with Gasteiger partial charge in [-0.05, 0) is 14.8 Å². The summed E-state index contributed by atoms with van der Waals surface area (Å²) in [5.41, 5.74) is 1.42. The van der Waals surface area contributed by atoms with Gasteiger partial charge >= 0.3 is 0 Å². The number of benzene rings is 1. The Balaban J connectivity index is 0.000000640. The largest absolute Gasteiger partial charge is 1.00 e. The number of halogens is 1. The smallest absolute Gasteiger partial charge is 0.0774 e. The third-order valence-corrected chi connectivity index (χ3v) is 1.71. The van der Waals surface area contributed by atoms with E-state index in [2.05, 4.69) is 24.3 Å². The van der Waals surface area contributed by atoms with Gasteiger partial charge in [0.25, 0.3) is 0 Å². The van der Waals surface area contributed by atoms with E-state index in [1.165, 1.54) is 11.7 Å². The summed E-state index contributed by atoms with van der Waals surface area (Å²) >= 11 is 0. The Morgan fingerprint density at radius 3 is 2.00 bits per heavy atom. The predicted octanol–water partition coefficient (Wildman–Crippen LogP) is -1.20. The first-order valence-electron chi connectivity index (χ1n) is 2.76. The summed E-state index contributed by atoms with van der Waals surface area (Å²) < 4.78 is 0. The molecule has 0 fully saturated rings. The van der Waals surface area contributed by atoms with E-state index in [0.717, 1.165) is 0 Å². The van der Waals surface area contributed by atoms with Crippen molar-refractivity contribution in [2.75, 3.05) is 0 Å². The number of hydrogen-bond acceptors (Lipinski definition) is 0. The minimum atomic E-state index is 0. The van der Waals surface area contributed by atoms with Crippen LogP contribution in [0, 0.1) is 0 Å². The second-order valence-corrected chi connectivity index (χ2v) is 2.24. The molecular weight excluding hydrogens is 134 g/mol. The highest BCUT2D eigenvalue weighted by Crippen LogP contribution is 2.02. The van der Waals surface area contributed by atoms with E-state index in [9.17, 15) is 0 Å². The lowest BCUT2D eigenvalue weighted by atomic mass is 10.2. The number of hydrogen-bond donors (Lipinski definition) is 0. The maximum Gasteiger partial charge on any atom is 0.0774 e. The zero-order valence-electron chi connectivity index (χ0n) is 5.18. The second kappa shape index (κ2) is 4.46. The molecule has 0 spiro atoms. The van der Waals surface area contributed by atoms with Gasteiger partial charge in [-0.15, -0.1) is 0 Å². The molecule has 1 rings (SSSR count). The second-order valence-electron chi connectivity index (χ2n) is 1.74. The van der Waals surface area contributed by atoms with Crippen LogP contribution in [0.25, 0.3) is 0 Å². The van der Waals surface area contributed by atoms with E-state index in [1.807, 2.05) is 15.3 Å². The SMILES string of the molecule is [F-].[PH3+]Cc1ccccc1. The Hall–Kier alpha value is -0.420. The molecular formula is C7H10FP. The minimum Gasteiger partial charge on any atom is -1.00 e. The van der Waals surface area contributed by atoms with Crippen LogP contribution in [0.5, 0.6) is 0 Å². The molecule has 0 saturated carbocycles. The Morgan fingerprint density at radius 2 is 1.67 bits per heavy atom. The van der Waals surface area contributed by atoms with E-state index < -0.39 is 0 Å². The van der Waals surface area contributed by atoms with E-state index in [-0.39, 0.29) is 4.70 Å². The molecule has 0 bridgehead atoms. The molecule has 0 aliphatic carbocycles. The average Bonchev–Trinajstić information content (AvgIpc) is 1.90. The van der Waals surface area contributed by atoms with Crippen molar-refractivity contribution in [2.45, 2.75) is 6.16 Å². The van der Waals surface area contributed by atoms with Crippen LogP contribution < -0.4 is 4.70 Å². The summed E-state index contributed by atoms with van der Waals surface area (Å²) in [6, 6.07) is 10.5. The fourth-order valence-electron chi connectivity index (χ4n) is 0.645. The molecule has 0 aliphatic heterocycles. The molecule has 0 amide bonds. The topological polar surface area (TPSA) is 0 Å². The lowest BCUT2D eigenvalue weighted by Crippen LogP contribution is -3.00. The van der Waals surface area contributed by atoms with Gasteiger partial charge in [-0.1, -0.05) is 30.3 Å². The predicted molar refractivity (Wildman–Crippen MR) is 41.3 cm³/mol. The zero-order chi connectivity index (χ0) is 5.82. The van der Waals surface area contributed by atoms with Crippen LogP contribution in [0.4, 0.5) is 0 Å². The molecule has 0 heterocycles. The minimum absolute atomic E-state index is 0. The highest BCUT2D eigenvalue weighted by molar-refractivity contribution is 7.15. The molecule has 2 heteroatoms. The van der Waals surface area contributed by atoms with Gasteiger partial charge in [0.05, 0.1) is 6.16 Å². The molecule has 0 aromatic heterocycles. The molecule has 0 N–H and O–H groups in total. The van der Waals surface area contributed by atoms with Crippen LogP contribution in [-0.2, 0) is 6.16 Å². The third kappa shape index (κ3) is 2.57. The molecule has 50 valence electrons. The van der Waals surface area contributed by atoms with Crippen molar-refractivity contribution in [3.8, 4) is 0 Å². The summed E-state index contributed by atoms with van der Waals surface area (Å²) in [4.78, 5) is 0. The molecule has 1 aromatic carbocycles. The van der Waals surface area contributed by atoms with Gasteiger partial charge in [-0.3, -0.25) is 0 Å². The van der Waals surface area contributed by atoms with Gasteiger partial charge in [0.2, 0.25) is 0 Å². The van der Waals surface area contributed by atoms with E-state index in [4.69, 9.17) is 0 Å². The van der Waals surface area contributed by atoms with E-state index >= 15 is 0 Å². The van der Waals surface area contributed by atoms with Crippen molar-refractivity contribution in [3.05, 3.63) is 35.9 Å². The fraction of sp³-hybridized carbons (Fsp3) is 0.143. The zero-order valence-corrected chi connectivity index (χ0v) is 6.59. The van der Waals surface area contributed by atoms with Gasteiger partial charge in [0.15, 0.2) is 0 Å². The van der Waals surface area contributed by atoms with Crippen LogP contribution in [0.1, 0.15) is 5.56 Å². The Bertz CT molecular complexity index is 150. The first-order chi connectivity index (χ1) is 3.93. The summed E-state index contributed by atoms with van der Waals surface area (Å²) in [5.74, 6) is 0. The van der Waals surface area contributed by atoms with Gasteiger partial charge in [-0.25, -0.2) is 0 Å². The molecule has 1 atom stereocenters. The summed E-state index contributed by atoms with van der Waals surface area (Å²) in [7, 11) is 1.98. The highest BCUT2D eigenvalue weighted by Gasteiger charge is 1.83. The Kier molecular flexibility index (Phi) is 4.25. The maximum atomic E-state index is 2.15. The normalized spacial score (nSPS) is 8.44. The van der Waals surface area contributed by atoms with Crippen LogP contribution >= 0.6 is 9.24 Å². The third-order valence-electron chi connectivity index (χ3n) is 1.13. The van der Waals surface area contributed by atoms with Crippen molar-refractivity contribution >= 4 is 9.24 Å². The first kappa shape index (κ1) is 8.58. The standard InChI is InChI=1S/C7H9P.FH/c8-6-7-4-2-1-3-5-7;/h1-5H,6,8H2;1H. The van der Waals surface area contributed by atoms with Crippen molar-refractivity contribution < 1.29 is 4.70 Å². The van der Waals surface area contributed by atoms with Crippen molar-refractivity contribution in [3.63, 3.8) is 0 Å². The maximum absolute atomic E-state index is 2.15. The van der Waals surface area contributed by atoms with Crippen molar-refractivity contribution in [1.82, 2.24) is 0 Å². The van der Waals surface area contributed by atoms with Crippen LogP contribution in [0.2, 0.25) is 0 Å². The summed E-state index contributed by atoms with van der Waals surface area (Å²) in [6.45, 7) is 0. The highest BCUT2D eigenvalue weighted by atomic mass is 31.0. The fourth-order valence-corrected chi connectivity index (χ4v) is 0.978. The van der Waals surface area contributed by atoms with Crippen molar-refractivity contribution in [1.29, 1.82) is 0 Å². The quantitative estimate of drug-likeness (QED) is 0.434. The molecule has 0 nitrogen and oxygen atoms in total. The monoisotopic (exact) mass is 144 g/mol. The van der Waals surface area contributed by atoms with Gasteiger partial charge in [0.1, 0.15) is 0 Å².